The summed E-state index contributed by atoms with van der Waals surface area (Å²) in [6, 6.07) is 4.02. The van der Waals surface area contributed by atoms with Crippen molar-refractivity contribution in [2.45, 2.75) is 25.9 Å². The van der Waals surface area contributed by atoms with E-state index >= 15 is 0 Å². The SMILES string of the molecule is Cc1cc(C)c(-n2nnnc2S(=O)CC=O)c(C)c1. The standard InChI is InChI=1S/C12H14N4O2S/c1-8-6-9(2)11(10(3)7-8)16-12(13-14-15-16)19(18)5-4-17/h4,6-7H,5H2,1-3H3. The minimum atomic E-state index is -1.53. The van der Waals surface area contributed by atoms with Gasteiger partial charge in [-0.3, -0.25) is 4.21 Å². The second-order valence-corrected chi connectivity index (χ2v) is 5.69. The number of aldehydes is 1. The van der Waals surface area contributed by atoms with Gasteiger partial charge in [0.05, 0.1) is 11.4 Å². The lowest BCUT2D eigenvalue weighted by Gasteiger charge is -2.11. The summed E-state index contributed by atoms with van der Waals surface area (Å²) in [6.45, 7) is 5.90. The number of hydrogen-bond acceptors (Lipinski definition) is 5. The molecule has 6 nitrogen and oxygen atoms in total. The summed E-state index contributed by atoms with van der Waals surface area (Å²) in [6.07, 6.45) is 0.601. The zero-order valence-electron chi connectivity index (χ0n) is 11.0. The monoisotopic (exact) mass is 278 g/mol. The van der Waals surface area contributed by atoms with Gasteiger partial charge in [0.25, 0.3) is 0 Å². The molecule has 0 bridgehead atoms. The average molecular weight is 278 g/mol. The van der Waals surface area contributed by atoms with Crippen LogP contribution in [0.5, 0.6) is 0 Å². The molecule has 2 rings (SSSR count). The van der Waals surface area contributed by atoms with Gasteiger partial charge in [-0.2, -0.15) is 4.68 Å². The predicted molar refractivity (Wildman–Crippen MR) is 70.7 cm³/mol. The summed E-state index contributed by atoms with van der Waals surface area (Å²) in [7, 11) is -1.53. The average Bonchev–Trinajstić information content (AvgIpc) is 2.77. The van der Waals surface area contributed by atoms with Gasteiger partial charge < -0.3 is 4.79 Å². The van der Waals surface area contributed by atoms with Crippen molar-refractivity contribution in [1.82, 2.24) is 20.2 Å². The molecule has 1 unspecified atom stereocenters. The summed E-state index contributed by atoms with van der Waals surface area (Å²) >= 11 is 0. The van der Waals surface area contributed by atoms with Crippen LogP contribution >= 0.6 is 0 Å². The molecule has 0 aliphatic heterocycles. The Bertz CT molecular complexity index is 628. The molecule has 1 atom stereocenters. The van der Waals surface area contributed by atoms with E-state index in [9.17, 15) is 9.00 Å². The zero-order valence-corrected chi connectivity index (χ0v) is 11.8. The number of rotatable bonds is 4. The van der Waals surface area contributed by atoms with Crippen molar-refractivity contribution < 1.29 is 9.00 Å². The first-order valence-corrected chi connectivity index (χ1v) is 7.05. The third-order valence-corrected chi connectivity index (χ3v) is 3.81. The fourth-order valence-electron chi connectivity index (χ4n) is 2.10. The number of aryl methyl sites for hydroxylation is 3. The van der Waals surface area contributed by atoms with Crippen molar-refractivity contribution in [3.05, 3.63) is 28.8 Å². The largest absolute Gasteiger partial charge is 0.302 e. The number of tetrazole rings is 1. The molecule has 19 heavy (non-hydrogen) atoms. The lowest BCUT2D eigenvalue weighted by molar-refractivity contribution is -0.105. The molecule has 0 N–H and O–H groups in total. The minimum Gasteiger partial charge on any atom is -0.302 e. The van der Waals surface area contributed by atoms with E-state index in [4.69, 9.17) is 0 Å². The minimum absolute atomic E-state index is 0.107. The van der Waals surface area contributed by atoms with Gasteiger partial charge in [-0.25, -0.2) is 0 Å². The van der Waals surface area contributed by atoms with Gasteiger partial charge >= 0.3 is 0 Å². The van der Waals surface area contributed by atoms with Crippen LogP contribution in [0.1, 0.15) is 16.7 Å². The van der Waals surface area contributed by atoms with Crippen LogP contribution in [-0.4, -0.2) is 36.5 Å². The van der Waals surface area contributed by atoms with E-state index in [1.807, 2.05) is 32.9 Å². The normalized spacial score (nSPS) is 12.4. The van der Waals surface area contributed by atoms with Gasteiger partial charge in [-0.1, -0.05) is 22.8 Å². The molecule has 100 valence electrons. The van der Waals surface area contributed by atoms with Crippen LogP contribution in [0.25, 0.3) is 5.69 Å². The van der Waals surface area contributed by atoms with Crippen molar-refractivity contribution in [3.63, 3.8) is 0 Å². The molecule has 1 aromatic carbocycles. The number of nitrogens with zero attached hydrogens (tertiary/aromatic N) is 4. The van der Waals surface area contributed by atoms with Crippen LogP contribution in [0.2, 0.25) is 0 Å². The van der Waals surface area contributed by atoms with E-state index in [1.54, 1.807) is 0 Å². The van der Waals surface area contributed by atoms with Crippen molar-refractivity contribution in [3.8, 4) is 5.69 Å². The maximum atomic E-state index is 11.9. The van der Waals surface area contributed by atoms with E-state index in [1.165, 1.54) is 4.68 Å². The Kier molecular flexibility index (Phi) is 3.84. The van der Waals surface area contributed by atoms with E-state index in [0.717, 1.165) is 22.4 Å². The highest BCUT2D eigenvalue weighted by Gasteiger charge is 2.17. The molecule has 0 radical (unpaired) electrons. The quantitative estimate of drug-likeness (QED) is 0.776. The van der Waals surface area contributed by atoms with Crippen LogP contribution in [0.15, 0.2) is 17.3 Å². The highest BCUT2D eigenvalue weighted by molar-refractivity contribution is 7.85. The van der Waals surface area contributed by atoms with Crippen LogP contribution in [-0.2, 0) is 15.6 Å². The molecule has 0 aliphatic carbocycles. The third-order valence-electron chi connectivity index (χ3n) is 2.71. The van der Waals surface area contributed by atoms with Crippen molar-refractivity contribution >= 4 is 17.1 Å². The molecule has 0 fully saturated rings. The predicted octanol–water partition coefficient (Wildman–Crippen LogP) is 0.894. The molecular formula is C12H14N4O2S. The maximum absolute atomic E-state index is 11.9. The first kappa shape index (κ1) is 13.5. The summed E-state index contributed by atoms with van der Waals surface area (Å²) in [4.78, 5) is 10.5. The lowest BCUT2D eigenvalue weighted by atomic mass is 10.1. The van der Waals surface area contributed by atoms with Crippen molar-refractivity contribution in [2.24, 2.45) is 0 Å². The Labute approximate surface area is 113 Å². The van der Waals surface area contributed by atoms with Gasteiger partial charge in [0.1, 0.15) is 17.1 Å². The Morgan fingerprint density at radius 2 is 1.89 bits per heavy atom. The van der Waals surface area contributed by atoms with Gasteiger partial charge in [0.15, 0.2) is 0 Å². The number of hydrogen-bond donors (Lipinski definition) is 0. The highest BCUT2D eigenvalue weighted by atomic mass is 32.2. The zero-order chi connectivity index (χ0) is 14.0. The van der Waals surface area contributed by atoms with E-state index in [2.05, 4.69) is 15.5 Å². The van der Waals surface area contributed by atoms with E-state index in [-0.39, 0.29) is 10.9 Å². The molecule has 0 spiro atoms. The summed E-state index contributed by atoms with van der Waals surface area (Å²) in [5, 5.41) is 11.4. The van der Waals surface area contributed by atoms with Gasteiger partial charge in [0, 0.05) is 0 Å². The molecule has 7 heteroatoms. The Hall–Kier alpha value is -1.89. The molecule has 0 saturated carbocycles. The number of benzene rings is 1. The molecule has 0 saturated heterocycles. The number of carbonyl (C=O) groups excluding carboxylic acids is 1. The topological polar surface area (TPSA) is 77.7 Å². The third kappa shape index (κ3) is 2.60. The molecule has 2 aromatic rings. The van der Waals surface area contributed by atoms with Crippen LogP contribution in [0.3, 0.4) is 0 Å². The van der Waals surface area contributed by atoms with Crippen LogP contribution in [0.4, 0.5) is 0 Å². The fourth-order valence-corrected chi connectivity index (χ4v) is 2.82. The Morgan fingerprint density at radius 1 is 1.26 bits per heavy atom. The number of carbonyl (C=O) groups is 1. The van der Waals surface area contributed by atoms with E-state index < -0.39 is 10.8 Å². The molecule has 0 aliphatic rings. The van der Waals surface area contributed by atoms with Gasteiger partial charge in [-0.15, -0.1) is 0 Å². The first-order chi connectivity index (χ1) is 9.04. The summed E-state index contributed by atoms with van der Waals surface area (Å²) in [5.41, 5.74) is 3.94. The molecule has 1 heterocycles. The van der Waals surface area contributed by atoms with E-state index in [0.29, 0.717) is 6.29 Å². The van der Waals surface area contributed by atoms with Crippen LogP contribution in [0, 0.1) is 20.8 Å². The number of aromatic nitrogens is 4. The Morgan fingerprint density at radius 3 is 2.47 bits per heavy atom. The lowest BCUT2D eigenvalue weighted by Crippen LogP contribution is -2.11. The maximum Gasteiger partial charge on any atom is 0.244 e. The van der Waals surface area contributed by atoms with Gasteiger partial charge in [0.2, 0.25) is 5.16 Å². The van der Waals surface area contributed by atoms with Crippen LogP contribution < -0.4 is 0 Å². The summed E-state index contributed by atoms with van der Waals surface area (Å²) < 4.78 is 13.4. The second-order valence-electron chi connectivity index (χ2n) is 4.30. The van der Waals surface area contributed by atoms with Crippen molar-refractivity contribution in [2.75, 3.05) is 5.75 Å². The highest BCUT2D eigenvalue weighted by Crippen LogP contribution is 2.21. The molecular weight excluding hydrogens is 264 g/mol. The first-order valence-electron chi connectivity index (χ1n) is 5.73. The molecule has 1 aromatic heterocycles. The second kappa shape index (κ2) is 5.40. The van der Waals surface area contributed by atoms with Crippen molar-refractivity contribution in [1.29, 1.82) is 0 Å². The molecule has 0 amide bonds. The smallest absolute Gasteiger partial charge is 0.244 e. The van der Waals surface area contributed by atoms with Gasteiger partial charge in [-0.05, 0) is 42.3 Å². The Balaban J connectivity index is 2.58. The fraction of sp³-hybridized carbons (Fsp3) is 0.333. The summed E-state index contributed by atoms with van der Waals surface area (Å²) in [5.74, 6) is -0.107.